The van der Waals surface area contributed by atoms with Gasteiger partial charge in [-0.15, -0.1) is 0 Å². The van der Waals surface area contributed by atoms with Crippen molar-refractivity contribution in [3.05, 3.63) is 47.9 Å². The Bertz CT molecular complexity index is 757. The van der Waals surface area contributed by atoms with E-state index in [1.807, 2.05) is 17.8 Å². The molecule has 4 rings (SSSR count). The van der Waals surface area contributed by atoms with E-state index in [1.165, 1.54) is 12.1 Å². The number of nitrogens with one attached hydrogen (secondary N) is 1. The number of nitrogens with zero attached hydrogens (tertiary/aromatic N) is 3. The predicted octanol–water partition coefficient (Wildman–Crippen LogP) is 2.45. The van der Waals surface area contributed by atoms with E-state index in [0.717, 1.165) is 43.7 Å². The quantitative estimate of drug-likeness (QED) is 0.928. The Labute approximate surface area is 146 Å². The minimum absolute atomic E-state index is 0.0255. The van der Waals surface area contributed by atoms with E-state index >= 15 is 0 Å². The molecule has 1 aliphatic heterocycles. The monoisotopic (exact) mass is 342 g/mol. The highest BCUT2D eigenvalue weighted by atomic mass is 19.1. The summed E-state index contributed by atoms with van der Waals surface area (Å²) in [4.78, 5) is 14.8. The van der Waals surface area contributed by atoms with Crippen LogP contribution in [0.15, 0.2) is 36.5 Å². The van der Waals surface area contributed by atoms with Gasteiger partial charge < -0.3 is 10.2 Å². The number of hydrogen-bond acceptors (Lipinski definition) is 3. The fourth-order valence-electron chi connectivity index (χ4n) is 3.85. The van der Waals surface area contributed by atoms with Crippen LogP contribution in [-0.4, -0.2) is 34.8 Å². The van der Waals surface area contributed by atoms with Gasteiger partial charge in [-0.2, -0.15) is 5.10 Å². The summed E-state index contributed by atoms with van der Waals surface area (Å²) in [7, 11) is 1.94. The second-order valence-electron chi connectivity index (χ2n) is 7.11. The molecule has 0 unspecified atom stereocenters. The highest BCUT2D eigenvalue weighted by molar-refractivity contribution is 5.83. The summed E-state index contributed by atoms with van der Waals surface area (Å²) in [5.41, 5.74) is 1.06. The number of carbonyl (C=O) groups is 1. The fraction of sp³-hybridized carbons (Fsp3) is 0.474. The number of aryl methyl sites for hydroxylation is 1. The van der Waals surface area contributed by atoms with Gasteiger partial charge in [0.05, 0.1) is 6.20 Å². The van der Waals surface area contributed by atoms with Crippen molar-refractivity contribution in [2.45, 2.75) is 31.2 Å². The Hall–Kier alpha value is -2.37. The lowest BCUT2D eigenvalue weighted by Gasteiger charge is -2.34. The van der Waals surface area contributed by atoms with E-state index in [4.69, 9.17) is 0 Å². The van der Waals surface area contributed by atoms with Crippen molar-refractivity contribution < 1.29 is 9.18 Å². The molecule has 1 aromatic heterocycles. The van der Waals surface area contributed by atoms with E-state index < -0.39 is 0 Å². The Kier molecular flexibility index (Phi) is 4.19. The van der Waals surface area contributed by atoms with Gasteiger partial charge in [0.25, 0.3) is 0 Å². The van der Waals surface area contributed by atoms with E-state index in [1.54, 1.807) is 18.3 Å². The molecule has 2 fully saturated rings. The van der Waals surface area contributed by atoms with Crippen LogP contribution < -0.4 is 10.2 Å². The molecule has 1 saturated carbocycles. The molecule has 0 spiro atoms. The molecular formula is C19H23FN4O. The van der Waals surface area contributed by atoms with Crippen molar-refractivity contribution in [1.29, 1.82) is 0 Å². The van der Waals surface area contributed by atoms with E-state index in [9.17, 15) is 9.18 Å². The van der Waals surface area contributed by atoms with Gasteiger partial charge >= 0.3 is 0 Å². The van der Waals surface area contributed by atoms with Crippen LogP contribution in [0.25, 0.3) is 0 Å². The van der Waals surface area contributed by atoms with Crippen LogP contribution >= 0.6 is 0 Å². The zero-order valence-corrected chi connectivity index (χ0v) is 14.4. The number of carbonyl (C=O) groups excluding carboxylic acids is 1. The van der Waals surface area contributed by atoms with Gasteiger partial charge in [0.15, 0.2) is 0 Å². The first kappa shape index (κ1) is 16.1. The average Bonchev–Trinajstić information content (AvgIpc) is 3.30. The van der Waals surface area contributed by atoms with Gasteiger partial charge in [0, 0.05) is 38.2 Å². The lowest BCUT2D eigenvalue weighted by Crippen LogP contribution is -2.48. The van der Waals surface area contributed by atoms with Crippen LogP contribution in [0, 0.1) is 11.7 Å². The third kappa shape index (κ3) is 3.38. The topological polar surface area (TPSA) is 50.2 Å². The van der Waals surface area contributed by atoms with Crippen molar-refractivity contribution in [3.63, 3.8) is 0 Å². The van der Waals surface area contributed by atoms with Gasteiger partial charge in [0.1, 0.15) is 11.6 Å². The Morgan fingerprint density at radius 3 is 2.80 bits per heavy atom. The molecule has 6 heteroatoms. The lowest BCUT2D eigenvalue weighted by molar-refractivity contribution is -0.123. The lowest BCUT2D eigenvalue weighted by atomic mass is 10.0. The normalized spacial score (nSPS) is 25.7. The Balaban J connectivity index is 1.34. The number of aromatic nitrogens is 2. The molecule has 25 heavy (non-hydrogen) atoms. The number of benzene rings is 1. The molecule has 132 valence electrons. The van der Waals surface area contributed by atoms with E-state index in [-0.39, 0.29) is 29.6 Å². The van der Waals surface area contributed by atoms with Crippen LogP contribution in [0.1, 0.15) is 30.7 Å². The van der Waals surface area contributed by atoms with Crippen LogP contribution in [0.3, 0.4) is 0 Å². The third-order valence-electron chi connectivity index (χ3n) is 5.31. The van der Waals surface area contributed by atoms with E-state index in [2.05, 4.69) is 15.3 Å². The summed E-state index contributed by atoms with van der Waals surface area (Å²) in [5.74, 6) is 1.25. The summed E-state index contributed by atoms with van der Waals surface area (Å²) < 4.78 is 14.9. The maximum atomic E-state index is 13.0. The zero-order chi connectivity index (χ0) is 17.4. The number of rotatable bonds is 4. The minimum Gasteiger partial charge on any atom is -0.355 e. The van der Waals surface area contributed by atoms with Gasteiger partial charge in [-0.05, 0) is 42.9 Å². The van der Waals surface area contributed by atoms with Gasteiger partial charge in [-0.25, -0.2) is 4.39 Å². The number of piperidine rings is 1. The minimum atomic E-state index is -0.233. The molecule has 1 saturated heterocycles. The van der Waals surface area contributed by atoms with Crippen molar-refractivity contribution in [2.75, 3.05) is 18.0 Å². The van der Waals surface area contributed by atoms with Crippen molar-refractivity contribution in [2.24, 2.45) is 13.0 Å². The van der Waals surface area contributed by atoms with Crippen molar-refractivity contribution in [1.82, 2.24) is 15.1 Å². The van der Waals surface area contributed by atoms with Gasteiger partial charge in [0.2, 0.25) is 5.91 Å². The van der Waals surface area contributed by atoms with Crippen LogP contribution in [0.2, 0.25) is 0 Å². The number of amides is 1. The maximum absolute atomic E-state index is 13.0. The van der Waals surface area contributed by atoms with E-state index in [0.29, 0.717) is 0 Å². The highest BCUT2D eigenvalue weighted by Crippen LogP contribution is 2.47. The largest absolute Gasteiger partial charge is 0.355 e. The molecule has 0 bridgehead atoms. The predicted molar refractivity (Wildman–Crippen MR) is 93.8 cm³/mol. The molecule has 2 heterocycles. The SMILES string of the molecule is Cn1nccc1N1CCC[C@H](NC(=O)[C@@H]2C[C@H]2c2ccc(F)cc2)C1. The molecule has 2 aliphatic rings. The third-order valence-corrected chi connectivity index (χ3v) is 5.31. The fourth-order valence-corrected chi connectivity index (χ4v) is 3.85. The second-order valence-corrected chi connectivity index (χ2v) is 7.11. The number of halogens is 1. The van der Waals surface area contributed by atoms with Gasteiger partial charge in [-0.1, -0.05) is 12.1 Å². The molecule has 1 aromatic carbocycles. The van der Waals surface area contributed by atoms with Gasteiger partial charge in [-0.3, -0.25) is 9.48 Å². The molecule has 2 aromatic rings. The molecule has 1 N–H and O–H groups in total. The maximum Gasteiger partial charge on any atom is 0.224 e. The van der Waals surface area contributed by atoms with Crippen molar-refractivity contribution >= 4 is 11.7 Å². The van der Waals surface area contributed by atoms with Crippen LogP contribution in [0.4, 0.5) is 10.2 Å². The molecule has 5 nitrogen and oxygen atoms in total. The molecule has 1 aliphatic carbocycles. The molecule has 3 atom stereocenters. The number of anilines is 1. The van der Waals surface area contributed by atoms with Crippen LogP contribution in [-0.2, 0) is 11.8 Å². The number of hydrogen-bond donors (Lipinski definition) is 1. The second kappa shape index (κ2) is 6.50. The van der Waals surface area contributed by atoms with Crippen LogP contribution in [0.5, 0.6) is 0 Å². The first-order valence-corrected chi connectivity index (χ1v) is 8.90. The first-order valence-electron chi connectivity index (χ1n) is 8.90. The summed E-state index contributed by atoms with van der Waals surface area (Å²) in [5, 5.41) is 7.45. The summed E-state index contributed by atoms with van der Waals surface area (Å²) in [6.45, 7) is 1.81. The Morgan fingerprint density at radius 1 is 1.28 bits per heavy atom. The van der Waals surface area contributed by atoms with Crippen molar-refractivity contribution in [3.8, 4) is 0 Å². The molecule has 0 radical (unpaired) electrons. The summed E-state index contributed by atoms with van der Waals surface area (Å²) in [6.07, 6.45) is 4.72. The Morgan fingerprint density at radius 2 is 2.08 bits per heavy atom. The molecular weight excluding hydrogens is 319 g/mol. The molecule has 1 amide bonds. The zero-order valence-electron chi connectivity index (χ0n) is 14.4. The smallest absolute Gasteiger partial charge is 0.224 e. The summed E-state index contributed by atoms with van der Waals surface area (Å²) in [6, 6.07) is 8.70. The first-order chi connectivity index (χ1) is 12.1. The average molecular weight is 342 g/mol. The standard InChI is InChI=1S/C19H23FN4O/c1-23-18(8-9-21-23)24-10-2-3-15(12-24)22-19(25)17-11-16(17)13-4-6-14(20)7-5-13/h4-9,15-17H,2-3,10-12H2,1H3,(H,22,25)/t15-,16-,17+/m0/s1. The highest BCUT2D eigenvalue weighted by Gasteiger charge is 2.44. The summed E-state index contributed by atoms with van der Waals surface area (Å²) >= 11 is 0.